The van der Waals surface area contributed by atoms with E-state index in [0.717, 1.165) is 37.8 Å². The van der Waals surface area contributed by atoms with Crippen LogP contribution in [-0.4, -0.2) is 34.4 Å². The predicted octanol–water partition coefficient (Wildman–Crippen LogP) is 3.32. The van der Waals surface area contributed by atoms with Gasteiger partial charge < -0.3 is 10.0 Å². The van der Waals surface area contributed by atoms with E-state index in [0.29, 0.717) is 11.4 Å². The van der Waals surface area contributed by atoms with E-state index >= 15 is 0 Å². The Bertz CT molecular complexity index is 459. The lowest BCUT2D eigenvalue weighted by Gasteiger charge is -2.35. The zero-order chi connectivity index (χ0) is 13.8. The van der Waals surface area contributed by atoms with Gasteiger partial charge in [-0.15, -0.1) is 11.6 Å². The number of para-hydroxylation sites is 1. The summed E-state index contributed by atoms with van der Waals surface area (Å²) in [6.45, 7) is 2.56. The summed E-state index contributed by atoms with van der Waals surface area (Å²) in [4.78, 5) is 14.5. The van der Waals surface area contributed by atoms with E-state index in [-0.39, 0.29) is 17.7 Å². The molecule has 1 N–H and O–H groups in total. The fourth-order valence-corrected chi connectivity index (χ4v) is 2.93. The molecule has 1 amide bonds. The molecule has 1 saturated heterocycles. The molecule has 0 spiro atoms. The van der Waals surface area contributed by atoms with Crippen LogP contribution in [0.5, 0.6) is 5.75 Å². The standard InChI is InChI=1S/C15H20ClNO2/c1-11-5-4-7-13(14(11)18)15(19)17-10-3-2-6-12(17)8-9-16/h4-5,7,12,18H,2-3,6,8-10H2,1H3. The number of phenols is 1. The van der Waals surface area contributed by atoms with Gasteiger partial charge in [0.1, 0.15) is 5.75 Å². The Balaban J connectivity index is 2.23. The number of benzene rings is 1. The molecule has 1 aliphatic heterocycles. The summed E-state index contributed by atoms with van der Waals surface area (Å²) in [7, 11) is 0. The third-order valence-corrected chi connectivity index (χ3v) is 4.02. The Morgan fingerprint density at radius 1 is 1.47 bits per heavy atom. The van der Waals surface area contributed by atoms with Crippen molar-refractivity contribution in [2.75, 3.05) is 12.4 Å². The van der Waals surface area contributed by atoms with E-state index in [9.17, 15) is 9.90 Å². The van der Waals surface area contributed by atoms with Crippen LogP contribution >= 0.6 is 11.6 Å². The number of hydrogen-bond donors (Lipinski definition) is 1. The molecule has 3 nitrogen and oxygen atoms in total. The Morgan fingerprint density at radius 2 is 2.26 bits per heavy atom. The number of alkyl halides is 1. The van der Waals surface area contributed by atoms with Gasteiger partial charge in [0.2, 0.25) is 0 Å². The van der Waals surface area contributed by atoms with Crippen LogP contribution in [0.2, 0.25) is 0 Å². The van der Waals surface area contributed by atoms with E-state index in [1.165, 1.54) is 0 Å². The van der Waals surface area contributed by atoms with Gasteiger partial charge in [0.15, 0.2) is 0 Å². The first-order valence-corrected chi connectivity index (χ1v) is 7.34. The number of rotatable bonds is 3. The van der Waals surface area contributed by atoms with Crippen molar-refractivity contribution in [3.8, 4) is 5.75 Å². The summed E-state index contributed by atoms with van der Waals surface area (Å²) in [5.74, 6) is 0.590. The van der Waals surface area contributed by atoms with Crippen molar-refractivity contribution in [1.29, 1.82) is 0 Å². The summed E-state index contributed by atoms with van der Waals surface area (Å²) < 4.78 is 0. The molecule has 1 aromatic rings. The third-order valence-electron chi connectivity index (χ3n) is 3.80. The lowest BCUT2D eigenvalue weighted by Crippen LogP contribution is -2.44. The van der Waals surface area contributed by atoms with Crippen molar-refractivity contribution < 1.29 is 9.90 Å². The first kappa shape index (κ1) is 14.2. The molecule has 1 fully saturated rings. The molecule has 0 saturated carbocycles. The number of carbonyl (C=O) groups excluding carboxylic acids is 1. The maximum absolute atomic E-state index is 12.6. The number of aromatic hydroxyl groups is 1. The van der Waals surface area contributed by atoms with Crippen molar-refractivity contribution >= 4 is 17.5 Å². The lowest BCUT2D eigenvalue weighted by atomic mass is 9.98. The Labute approximate surface area is 119 Å². The maximum Gasteiger partial charge on any atom is 0.257 e. The van der Waals surface area contributed by atoms with Gasteiger partial charge >= 0.3 is 0 Å². The minimum Gasteiger partial charge on any atom is -0.507 e. The lowest BCUT2D eigenvalue weighted by molar-refractivity contribution is 0.0606. The molecule has 19 heavy (non-hydrogen) atoms. The number of carbonyl (C=O) groups is 1. The van der Waals surface area contributed by atoms with Gasteiger partial charge in [0, 0.05) is 18.5 Å². The third kappa shape index (κ3) is 3.03. The Kier molecular flexibility index (Phi) is 4.70. The second-order valence-electron chi connectivity index (χ2n) is 5.10. The molecule has 0 bridgehead atoms. The Morgan fingerprint density at radius 3 is 3.00 bits per heavy atom. The molecule has 2 rings (SSSR count). The molecule has 1 unspecified atom stereocenters. The number of nitrogens with zero attached hydrogens (tertiary/aromatic N) is 1. The fourth-order valence-electron chi connectivity index (χ4n) is 2.68. The van der Waals surface area contributed by atoms with Gasteiger partial charge in [-0.05, 0) is 44.2 Å². The van der Waals surface area contributed by atoms with E-state index in [4.69, 9.17) is 11.6 Å². The van der Waals surface area contributed by atoms with Crippen LogP contribution < -0.4 is 0 Å². The largest absolute Gasteiger partial charge is 0.507 e. The van der Waals surface area contributed by atoms with Gasteiger partial charge in [-0.3, -0.25) is 4.79 Å². The minimum atomic E-state index is -0.0731. The van der Waals surface area contributed by atoms with Crippen LogP contribution in [0.3, 0.4) is 0 Å². The molecule has 1 heterocycles. The number of phenolic OH excluding ortho intramolecular Hbond substituents is 1. The first-order chi connectivity index (χ1) is 9.15. The summed E-state index contributed by atoms with van der Waals surface area (Å²) >= 11 is 5.82. The van der Waals surface area contributed by atoms with Crippen molar-refractivity contribution in [2.45, 2.75) is 38.6 Å². The van der Waals surface area contributed by atoms with Crippen LogP contribution in [-0.2, 0) is 0 Å². The zero-order valence-corrected chi connectivity index (χ0v) is 12.0. The topological polar surface area (TPSA) is 40.5 Å². The summed E-state index contributed by atoms with van der Waals surface area (Å²) in [5, 5.41) is 10.0. The number of piperidine rings is 1. The quantitative estimate of drug-likeness (QED) is 0.864. The second-order valence-corrected chi connectivity index (χ2v) is 5.47. The maximum atomic E-state index is 12.6. The van der Waals surface area contributed by atoms with Crippen LogP contribution in [0, 0.1) is 6.92 Å². The highest BCUT2D eigenvalue weighted by atomic mass is 35.5. The van der Waals surface area contributed by atoms with Crippen molar-refractivity contribution in [3.63, 3.8) is 0 Å². The number of aryl methyl sites for hydroxylation is 1. The molecule has 104 valence electrons. The van der Waals surface area contributed by atoms with E-state index in [2.05, 4.69) is 0 Å². The Hall–Kier alpha value is -1.22. The molecule has 0 aliphatic carbocycles. The van der Waals surface area contributed by atoms with Crippen LogP contribution in [0.1, 0.15) is 41.6 Å². The van der Waals surface area contributed by atoms with Crippen LogP contribution in [0.15, 0.2) is 18.2 Å². The number of hydrogen-bond acceptors (Lipinski definition) is 2. The number of likely N-dealkylation sites (tertiary alicyclic amines) is 1. The highest BCUT2D eigenvalue weighted by Crippen LogP contribution is 2.27. The van der Waals surface area contributed by atoms with Gasteiger partial charge in [0.25, 0.3) is 5.91 Å². The van der Waals surface area contributed by atoms with Crippen molar-refractivity contribution in [3.05, 3.63) is 29.3 Å². The van der Waals surface area contributed by atoms with Gasteiger partial charge in [0.05, 0.1) is 5.56 Å². The minimum absolute atomic E-state index is 0.0731. The number of amides is 1. The SMILES string of the molecule is Cc1cccc(C(=O)N2CCCCC2CCCl)c1O. The predicted molar refractivity (Wildman–Crippen MR) is 76.9 cm³/mol. The normalized spacial score (nSPS) is 19.5. The number of halogens is 1. The second kappa shape index (κ2) is 6.29. The van der Waals surface area contributed by atoms with E-state index in [1.807, 2.05) is 11.0 Å². The van der Waals surface area contributed by atoms with Crippen molar-refractivity contribution in [1.82, 2.24) is 4.90 Å². The highest BCUT2D eigenvalue weighted by Gasteiger charge is 2.28. The molecule has 0 radical (unpaired) electrons. The molecule has 1 aromatic carbocycles. The monoisotopic (exact) mass is 281 g/mol. The average molecular weight is 282 g/mol. The molecule has 1 atom stereocenters. The van der Waals surface area contributed by atoms with Gasteiger partial charge in [-0.1, -0.05) is 12.1 Å². The highest BCUT2D eigenvalue weighted by molar-refractivity contribution is 6.17. The molecule has 0 aromatic heterocycles. The van der Waals surface area contributed by atoms with Crippen LogP contribution in [0.25, 0.3) is 0 Å². The fraction of sp³-hybridized carbons (Fsp3) is 0.533. The zero-order valence-electron chi connectivity index (χ0n) is 11.2. The molecular formula is C15H20ClNO2. The van der Waals surface area contributed by atoms with Crippen LogP contribution in [0.4, 0.5) is 0 Å². The summed E-state index contributed by atoms with van der Waals surface area (Å²) in [5.41, 5.74) is 1.14. The summed E-state index contributed by atoms with van der Waals surface area (Å²) in [6.07, 6.45) is 3.99. The summed E-state index contributed by atoms with van der Waals surface area (Å²) in [6, 6.07) is 5.51. The van der Waals surface area contributed by atoms with Gasteiger partial charge in [-0.25, -0.2) is 0 Å². The van der Waals surface area contributed by atoms with Crippen molar-refractivity contribution in [2.24, 2.45) is 0 Å². The van der Waals surface area contributed by atoms with E-state index in [1.54, 1.807) is 19.1 Å². The van der Waals surface area contributed by atoms with Gasteiger partial charge in [-0.2, -0.15) is 0 Å². The first-order valence-electron chi connectivity index (χ1n) is 6.80. The average Bonchev–Trinajstić information content (AvgIpc) is 2.42. The molecular weight excluding hydrogens is 262 g/mol. The molecule has 1 aliphatic rings. The molecule has 4 heteroatoms. The smallest absolute Gasteiger partial charge is 0.257 e. The van der Waals surface area contributed by atoms with E-state index < -0.39 is 0 Å².